The molecule has 3 N–H and O–H groups in total. The Morgan fingerprint density at radius 2 is 1.77 bits per heavy atom. The third-order valence-electron chi connectivity index (χ3n) is 2.02. The van der Waals surface area contributed by atoms with Gasteiger partial charge in [-0.05, 0) is 37.1 Å². The predicted molar refractivity (Wildman–Crippen MR) is 49.0 cm³/mol. The Morgan fingerprint density at radius 1 is 1.23 bits per heavy atom. The lowest BCUT2D eigenvalue weighted by molar-refractivity contribution is 0.469. The highest BCUT2D eigenvalue weighted by molar-refractivity contribution is 7.89. The van der Waals surface area contributed by atoms with Gasteiger partial charge in [0.15, 0.2) is 0 Å². The fourth-order valence-corrected chi connectivity index (χ4v) is 1.93. The third kappa shape index (κ3) is 1.81. The Kier molecular flexibility index (Phi) is 2.32. The fourth-order valence-electron chi connectivity index (χ4n) is 1.09. The molecule has 4 nitrogen and oxygen atoms in total. The highest BCUT2D eigenvalue weighted by Crippen LogP contribution is 2.24. The Morgan fingerprint density at radius 3 is 2.23 bits per heavy atom. The molecule has 0 saturated carbocycles. The van der Waals surface area contributed by atoms with Crippen LogP contribution in [-0.4, -0.2) is 13.5 Å². The van der Waals surface area contributed by atoms with Crippen LogP contribution in [0.2, 0.25) is 0 Å². The zero-order chi connectivity index (χ0) is 10.2. The van der Waals surface area contributed by atoms with Crippen LogP contribution in [0.1, 0.15) is 11.1 Å². The van der Waals surface area contributed by atoms with Gasteiger partial charge in [0.1, 0.15) is 5.75 Å². The van der Waals surface area contributed by atoms with Crippen molar-refractivity contribution in [3.05, 3.63) is 23.3 Å². The van der Waals surface area contributed by atoms with Crippen LogP contribution in [0.4, 0.5) is 0 Å². The Hall–Kier alpha value is -1.07. The molecule has 0 radical (unpaired) electrons. The van der Waals surface area contributed by atoms with E-state index in [-0.39, 0.29) is 10.6 Å². The number of sulfonamides is 1. The van der Waals surface area contributed by atoms with Gasteiger partial charge >= 0.3 is 0 Å². The van der Waals surface area contributed by atoms with Gasteiger partial charge < -0.3 is 5.11 Å². The third-order valence-corrected chi connectivity index (χ3v) is 3.07. The van der Waals surface area contributed by atoms with Crippen LogP contribution < -0.4 is 5.14 Å². The second kappa shape index (κ2) is 3.01. The van der Waals surface area contributed by atoms with E-state index < -0.39 is 10.0 Å². The van der Waals surface area contributed by atoms with Crippen LogP contribution in [0.3, 0.4) is 0 Å². The van der Waals surface area contributed by atoms with E-state index in [2.05, 4.69) is 0 Å². The molecule has 0 saturated heterocycles. The molecule has 13 heavy (non-hydrogen) atoms. The van der Waals surface area contributed by atoms with Gasteiger partial charge in [0.2, 0.25) is 10.0 Å². The molecule has 1 rings (SSSR count). The summed E-state index contributed by atoms with van der Waals surface area (Å²) in [6.45, 7) is 3.24. The van der Waals surface area contributed by atoms with E-state index in [0.717, 1.165) is 0 Å². The van der Waals surface area contributed by atoms with Crippen molar-refractivity contribution in [2.75, 3.05) is 0 Å². The van der Waals surface area contributed by atoms with Crippen LogP contribution in [0, 0.1) is 13.8 Å². The molecule has 0 aliphatic heterocycles. The SMILES string of the molecule is Cc1c(O)ccc(S(N)(=O)=O)c1C. The summed E-state index contributed by atoms with van der Waals surface area (Å²) in [5.41, 5.74) is 1.02. The van der Waals surface area contributed by atoms with Crippen molar-refractivity contribution in [3.8, 4) is 5.75 Å². The molecular weight excluding hydrogens is 190 g/mol. The average molecular weight is 201 g/mol. The van der Waals surface area contributed by atoms with Gasteiger partial charge in [0.05, 0.1) is 4.90 Å². The highest BCUT2D eigenvalue weighted by Gasteiger charge is 2.14. The Labute approximate surface area is 77.1 Å². The molecule has 0 fully saturated rings. The van der Waals surface area contributed by atoms with Gasteiger partial charge in [-0.15, -0.1) is 0 Å². The number of nitrogens with two attached hydrogens (primary N) is 1. The summed E-state index contributed by atoms with van der Waals surface area (Å²) in [4.78, 5) is 0.0581. The van der Waals surface area contributed by atoms with Crippen LogP contribution >= 0.6 is 0 Å². The first-order chi connectivity index (χ1) is 5.84. The zero-order valence-electron chi connectivity index (χ0n) is 7.40. The summed E-state index contributed by atoms with van der Waals surface area (Å²) in [5.74, 6) is 0.0740. The summed E-state index contributed by atoms with van der Waals surface area (Å²) in [6.07, 6.45) is 0. The molecule has 0 amide bonds. The van der Waals surface area contributed by atoms with Crippen LogP contribution in [0.5, 0.6) is 5.75 Å². The molecule has 0 spiro atoms. The Balaban J connectivity index is 3.53. The van der Waals surface area contributed by atoms with Gasteiger partial charge in [0.25, 0.3) is 0 Å². The van der Waals surface area contributed by atoms with Crippen molar-refractivity contribution >= 4 is 10.0 Å². The molecule has 1 aromatic carbocycles. The number of hydrogen-bond donors (Lipinski definition) is 2. The minimum Gasteiger partial charge on any atom is -0.508 e. The summed E-state index contributed by atoms with van der Waals surface area (Å²) in [6, 6.07) is 2.62. The van der Waals surface area contributed by atoms with Gasteiger partial charge in [-0.25, -0.2) is 13.6 Å². The average Bonchev–Trinajstić information content (AvgIpc) is 1.98. The summed E-state index contributed by atoms with van der Waals surface area (Å²) in [5, 5.41) is 14.2. The van der Waals surface area contributed by atoms with E-state index in [1.54, 1.807) is 13.8 Å². The first kappa shape index (κ1) is 10.0. The minimum atomic E-state index is -3.68. The minimum absolute atomic E-state index is 0.0581. The molecular formula is C8H11NO3S. The van der Waals surface area contributed by atoms with Crippen LogP contribution in [0.25, 0.3) is 0 Å². The van der Waals surface area contributed by atoms with Gasteiger partial charge in [-0.3, -0.25) is 0 Å². The number of benzene rings is 1. The van der Waals surface area contributed by atoms with Crippen molar-refractivity contribution in [1.82, 2.24) is 0 Å². The number of primary sulfonamides is 1. The van der Waals surface area contributed by atoms with E-state index >= 15 is 0 Å². The summed E-state index contributed by atoms with van der Waals surface area (Å²) >= 11 is 0. The molecule has 0 unspecified atom stereocenters. The van der Waals surface area contributed by atoms with Crippen LogP contribution in [0.15, 0.2) is 17.0 Å². The van der Waals surface area contributed by atoms with Crippen molar-refractivity contribution in [2.45, 2.75) is 18.7 Å². The largest absolute Gasteiger partial charge is 0.508 e. The smallest absolute Gasteiger partial charge is 0.238 e. The lowest BCUT2D eigenvalue weighted by atomic mass is 10.1. The summed E-state index contributed by atoms with van der Waals surface area (Å²) in [7, 11) is -3.68. The van der Waals surface area contributed by atoms with E-state index in [1.165, 1.54) is 12.1 Å². The lowest BCUT2D eigenvalue weighted by Gasteiger charge is -2.07. The molecule has 0 atom stereocenters. The maximum absolute atomic E-state index is 11.0. The van der Waals surface area contributed by atoms with Crippen molar-refractivity contribution in [1.29, 1.82) is 0 Å². The molecule has 0 aliphatic rings. The molecule has 0 heterocycles. The highest BCUT2D eigenvalue weighted by atomic mass is 32.2. The zero-order valence-corrected chi connectivity index (χ0v) is 8.22. The van der Waals surface area contributed by atoms with Crippen molar-refractivity contribution in [2.24, 2.45) is 5.14 Å². The number of phenols is 1. The van der Waals surface area contributed by atoms with E-state index in [4.69, 9.17) is 5.14 Å². The maximum Gasteiger partial charge on any atom is 0.238 e. The van der Waals surface area contributed by atoms with Crippen molar-refractivity contribution in [3.63, 3.8) is 0 Å². The quantitative estimate of drug-likeness (QED) is 0.700. The second-order valence-electron chi connectivity index (χ2n) is 2.88. The van der Waals surface area contributed by atoms with Gasteiger partial charge in [0, 0.05) is 0 Å². The second-order valence-corrected chi connectivity index (χ2v) is 4.41. The normalized spacial score (nSPS) is 11.6. The topological polar surface area (TPSA) is 80.4 Å². The van der Waals surface area contributed by atoms with E-state index in [1.807, 2.05) is 0 Å². The standard InChI is InChI=1S/C8H11NO3S/c1-5-6(2)8(13(9,11)12)4-3-7(5)10/h3-4,10H,1-2H3,(H2,9,11,12). The number of rotatable bonds is 1. The molecule has 0 aliphatic carbocycles. The number of aromatic hydroxyl groups is 1. The van der Waals surface area contributed by atoms with Gasteiger partial charge in [-0.2, -0.15) is 0 Å². The molecule has 0 bridgehead atoms. The van der Waals surface area contributed by atoms with E-state index in [0.29, 0.717) is 11.1 Å². The summed E-state index contributed by atoms with van der Waals surface area (Å²) < 4.78 is 22.0. The Bertz CT molecular complexity index is 437. The first-order valence-corrected chi connectivity index (χ1v) is 5.20. The lowest BCUT2D eigenvalue weighted by Crippen LogP contribution is -2.14. The monoisotopic (exact) mass is 201 g/mol. The van der Waals surface area contributed by atoms with Gasteiger partial charge in [-0.1, -0.05) is 0 Å². The predicted octanol–water partition coefficient (Wildman–Crippen LogP) is 0.656. The first-order valence-electron chi connectivity index (χ1n) is 3.66. The number of hydrogen-bond acceptors (Lipinski definition) is 3. The molecule has 5 heteroatoms. The molecule has 72 valence electrons. The molecule has 0 aromatic heterocycles. The number of phenolic OH excluding ortho intramolecular Hbond substituents is 1. The van der Waals surface area contributed by atoms with E-state index in [9.17, 15) is 13.5 Å². The maximum atomic E-state index is 11.0. The molecule has 1 aromatic rings. The van der Waals surface area contributed by atoms with Crippen LogP contribution in [-0.2, 0) is 10.0 Å². The fraction of sp³-hybridized carbons (Fsp3) is 0.250. The van der Waals surface area contributed by atoms with Crippen molar-refractivity contribution < 1.29 is 13.5 Å².